The number of aliphatic imine (C=N–C) groups is 1. The van der Waals surface area contributed by atoms with Crippen LogP contribution in [0, 0.1) is 5.82 Å². The topological polar surface area (TPSA) is 45.7 Å². The molecule has 5 heteroatoms. The van der Waals surface area contributed by atoms with Gasteiger partial charge in [0.1, 0.15) is 5.82 Å². The third-order valence-electron chi connectivity index (χ3n) is 4.08. The van der Waals surface area contributed by atoms with Crippen LogP contribution < -0.4 is 10.6 Å². The highest BCUT2D eigenvalue weighted by Gasteiger charge is 2.41. The molecule has 1 aromatic rings. The Balaban J connectivity index is 1.62. The lowest BCUT2D eigenvalue weighted by Gasteiger charge is -2.22. The van der Waals surface area contributed by atoms with Crippen molar-refractivity contribution in [3.05, 3.63) is 35.6 Å². The molecule has 2 aliphatic rings. The Morgan fingerprint density at radius 2 is 2.33 bits per heavy atom. The zero-order chi connectivity index (χ0) is 14.7. The monoisotopic (exact) mass is 291 g/mol. The molecule has 21 heavy (non-hydrogen) atoms. The number of hydrogen-bond donors (Lipinski definition) is 2. The van der Waals surface area contributed by atoms with E-state index in [1.165, 1.54) is 18.6 Å². The number of hydrogen-bond acceptors (Lipinski definition) is 2. The van der Waals surface area contributed by atoms with Gasteiger partial charge in [-0.25, -0.2) is 9.38 Å². The lowest BCUT2D eigenvalue weighted by molar-refractivity contribution is 0.0992. The van der Waals surface area contributed by atoms with Crippen LogP contribution in [-0.4, -0.2) is 30.8 Å². The molecular weight excluding hydrogens is 269 g/mol. The summed E-state index contributed by atoms with van der Waals surface area (Å²) in [5.74, 6) is 0.560. The lowest BCUT2D eigenvalue weighted by Crippen LogP contribution is -2.47. The van der Waals surface area contributed by atoms with E-state index in [1.54, 1.807) is 6.07 Å². The fourth-order valence-corrected chi connectivity index (χ4v) is 3.09. The zero-order valence-electron chi connectivity index (χ0n) is 12.3. The molecular formula is C16H22FN3O. The molecule has 2 saturated heterocycles. The van der Waals surface area contributed by atoms with Crippen LogP contribution in [0.5, 0.6) is 0 Å². The quantitative estimate of drug-likeness (QED) is 0.660. The molecule has 4 nitrogen and oxygen atoms in total. The van der Waals surface area contributed by atoms with Gasteiger partial charge in [-0.05, 0) is 43.9 Å². The molecule has 0 saturated carbocycles. The predicted molar refractivity (Wildman–Crippen MR) is 80.7 cm³/mol. The van der Waals surface area contributed by atoms with E-state index in [2.05, 4.69) is 15.6 Å². The first kappa shape index (κ1) is 14.3. The first-order valence-electron chi connectivity index (χ1n) is 7.69. The summed E-state index contributed by atoms with van der Waals surface area (Å²) in [6, 6.07) is 6.91. The molecule has 3 atom stereocenters. The molecule has 0 spiro atoms. The van der Waals surface area contributed by atoms with Crippen LogP contribution in [-0.2, 0) is 11.3 Å². The average Bonchev–Trinajstić information content (AvgIpc) is 3.08. The van der Waals surface area contributed by atoms with Gasteiger partial charge in [0.2, 0.25) is 0 Å². The van der Waals surface area contributed by atoms with Crippen molar-refractivity contribution in [1.29, 1.82) is 0 Å². The molecule has 0 aromatic heterocycles. The Hall–Kier alpha value is -1.62. The van der Waals surface area contributed by atoms with Crippen molar-refractivity contribution >= 4 is 5.96 Å². The highest BCUT2D eigenvalue weighted by molar-refractivity contribution is 5.80. The van der Waals surface area contributed by atoms with Gasteiger partial charge >= 0.3 is 0 Å². The number of guanidine groups is 1. The summed E-state index contributed by atoms with van der Waals surface area (Å²) in [6.07, 6.45) is 4.09. The Morgan fingerprint density at radius 3 is 3.00 bits per heavy atom. The van der Waals surface area contributed by atoms with E-state index in [0.29, 0.717) is 24.8 Å². The van der Waals surface area contributed by atoms with E-state index < -0.39 is 0 Å². The molecule has 3 unspecified atom stereocenters. The minimum Gasteiger partial charge on any atom is -0.373 e. The molecule has 1 aromatic carbocycles. The third-order valence-corrected chi connectivity index (χ3v) is 4.08. The van der Waals surface area contributed by atoms with E-state index in [1.807, 2.05) is 13.0 Å². The second kappa shape index (κ2) is 6.43. The van der Waals surface area contributed by atoms with Crippen LogP contribution >= 0.6 is 0 Å². The molecule has 2 fully saturated rings. The molecule has 114 valence electrons. The van der Waals surface area contributed by atoms with Gasteiger partial charge in [0.15, 0.2) is 5.96 Å². The van der Waals surface area contributed by atoms with E-state index in [-0.39, 0.29) is 5.82 Å². The smallest absolute Gasteiger partial charge is 0.191 e. The number of halogens is 1. The second-order valence-electron chi connectivity index (χ2n) is 5.69. The number of benzene rings is 1. The summed E-state index contributed by atoms with van der Waals surface area (Å²) < 4.78 is 19.0. The summed E-state index contributed by atoms with van der Waals surface area (Å²) in [6.45, 7) is 3.31. The van der Waals surface area contributed by atoms with Gasteiger partial charge in [-0.3, -0.25) is 0 Å². The molecule has 2 heterocycles. The van der Waals surface area contributed by atoms with Crippen LogP contribution in [0.15, 0.2) is 29.3 Å². The van der Waals surface area contributed by atoms with E-state index in [4.69, 9.17) is 4.74 Å². The average molecular weight is 291 g/mol. The van der Waals surface area contributed by atoms with Crippen LogP contribution in [0.25, 0.3) is 0 Å². The van der Waals surface area contributed by atoms with E-state index >= 15 is 0 Å². The Morgan fingerprint density at radius 1 is 1.43 bits per heavy atom. The highest BCUT2D eigenvalue weighted by Crippen LogP contribution is 2.34. The normalized spacial score (nSPS) is 27.9. The van der Waals surface area contributed by atoms with Crippen molar-refractivity contribution in [2.24, 2.45) is 4.99 Å². The van der Waals surface area contributed by atoms with Crippen LogP contribution in [0.3, 0.4) is 0 Å². The van der Waals surface area contributed by atoms with Gasteiger partial charge < -0.3 is 15.4 Å². The Kier molecular flexibility index (Phi) is 4.39. The maximum atomic E-state index is 13.2. The van der Waals surface area contributed by atoms with Gasteiger partial charge in [-0.15, -0.1) is 0 Å². The van der Waals surface area contributed by atoms with Gasteiger partial charge in [-0.1, -0.05) is 12.1 Å². The summed E-state index contributed by atoms with van der Waals surface area (Å²) in [7, 11) is 0. The molecule has 3 rings (SSSR count). The minimum absolute atomic E-state index is 0.220. The highest BCUT2D eigenvalue weighted by atomic mass is 19.1. The minimum atomic E-state index is -0.220. The summed E-state index contributed by atoms with van der Waals surface area (Å²) in [5.41, 5.74) is 0.872. The Labute approximate surface area is 124 Å². The maximum Gasteiger partial charge on any atom is 0.191 e. The third kappa shape index (κ3) is 3.53. The fraction of sp³-hybridized carbons (Fsp3) is 0.562. The SMILES string of the molecule is CCNC(=NCc1cccc(F)c1)NC1CC2CCC1O2. The van der Waals surface area contributed by atoms with Crippen LogP contribution in [0.2, 0.25) is 0 Å². The van der Waals surface area contributed by atoms with Crippen LogP contribution in [0.1, 0.15) is 31.7 Å². The Bertz CT molecular complexity index is 520. The molecule has 2 bridgehead atoms. The summed E-state index contributed by atoms with van der Waals surface area (Å²) in [5, 5.41) is 6.70. The van der Waals surface area contributed by atoms with Gasteiger partial charge in [-0.2, -0.15) is 0 Å². The standard InChI is InChI=1S/C16H22FN3O/c1-2-18-16(19-10-11-4-3-5-12(17)8-11)20-14-9-13-6-7-15(14)21-13/h3-5,8,13-15H,2,6-7,9-10H2,1H3,(H2,18,19,20). The summed E-state index contributed by atoms with van der Waals surface area (Å²) >= 11 is 0. The van der Waals surface area contributed by atoms with Gasteiger partial charge in [0.05, 0.1) is 24.8 Å². The van der Waals surface area contributed by atoms with Crippen molar-refractivity contribution in [3.63, 3.8) is 0 Å². The molecule has 2 N–H and O–H groups in total. The lowest BCUT2D eigenvalue weighted by atomic mass is 9.96. The number of rotatable bonds is 4. The zero-order valence-corrected chi connectivity index (χ0v) is 12.3. The van der Waals surface area contributed by atoms with Gasteiger partial charge in [0, 0.05) is 6.54 Å². The maximum absolute atomic E-state index is 13.2. The number of nitrogens with one attached hydrogen (secondary N) is 2. The molecule has 2 aliphatic heterocycles. The van der Waals surface area contributed by atoms with Gasteiger partial charge in [0.25, 0.3) is 0 Å². The largest absolute Gasteiger partial charge is 0.373 e. The second-order valence-corrected chi connectivity index (χ2v) is 5.69. The number of nitrogens with zero attached hydrogens (tertiary/aromatic N) is 1. The molecule has 0 aliphatic carbocycles. The van der Waals surface area contributed by atoms with E-state index in [9.17, 15) is 4.39 Å². The number of ether oxygens (including phenoxy) is 1. The summed E-state index contributed by atoms with van der Waals surface area (Å²) in [4.78, 5) is 4.54. The van der Waals surface area contributed by atoms with Crippen molar-refractivity contribution in [1.82, 2.24) is 10.6 Å². The van der Waals surface area contributed by atoms with E-state index in [0.717, 1.165) is 30.9 Å². The number of fused-ring (bicyclic) bond motifs is 2. The van der Waals surface area contributed by atoms with Crippen molar-refractivity contribution in [2.75, 3.05) is 6.54 Å². The van der Waals surface area contributed by atoms with Crippen molar-refractivity contribution < 1.29 is 9.13 Å². The van der Waals surface area contributed by atoms with Crippen LogP contribution in [0.4, 0.5) is 4.39 Å². The predicted octanol–water partition coefficient (Wildman–Crippen LogP) is 2.20. The fourth-order valence-electron chi connectivity index (χ4n) is 3.09. The van der Waals surface area contributed by atoms with Crippen molar-refractivity contribution in [2.45, 2.75) is 51.0 Å². The molecule has 0 amide bonds. The van der Waals surface area contributed by atoms with Crippen molar-refractivity contribution in [3.8, 4) is 0 Å². The first-order chi connectivity index (χ1) is 10.2. The first-order valence-corrected chi connectivity index (χ1v) is 7.69. The molecule has 0 radical (unpaired) electrons.